The van der Waals surface area contributed by atoms with Gasteiger partial charge in [0.15, 0.2) is 0 Å². The van der Waals surface area contributed by atoms with Crippen molar-refractivity contribution in [2.45, 2.75) is 59.0 Å². The summed E-state index contributed by atoms with van der Waals surface area (Å²) in [5.41, 5.74) is 5.37. The van der Waals surface area contributed by atoms with Gasteiger partial charge >= 0.3 is 11.8 Å². The van der Waals surface area contributed by atoms with E-state index in [9.17, 15) is 9.59 Å². The Morgan fingerprint density at radius 3 is 2.17 bits per heavy atom. The largest absolute Gasteiger partial charge is 0.473 e. The van der Waals surface area contributed by atoms with Crippen LogP contribution in [0, 0.1) is 0 Å². The average molecular weight is 633 g/mol. The van der Waals surface area contributed by atoms with Gasteiger partial charge in [0.2, 0.25) is 11.8 Å². The van der Waals surface area contributed by atoms with Crippen molar-refractivity contribution in [1.82, 2.24) is 19.0 Å². The van der Waals surface area contributed by atoms with Crippen LogP contribution in [0.3, 0.4) is 0 Å². The average Bonchev–Trinajstić information content (AvgIpc) is 3.31. The van der Waals surface area contributed by atoms with Crippen LogP contribution in [0.4, 0.5) is 4.79 Å². The molecule has 0 saturated heterocycles. The third-order valence-corrected chi connectivity index (χ3v) is 8.11. The highest BCUT2D eigenvalue weighted by Gasteiger charge is 2.28. The van der Waals surface area contributed by atoms with E-state index in [0.717, 1.165) is 33.3 Å². The first-order valence-electron chi connectivity index (χ1n) is 15.8. The van der Waals surface area contributed by atoms with Crippen LogP contribution in [0.25, 0.3) is 22.3 Å². The lowest BCUT2D eigenvalue weighted by atomic mass is 9.96. The summed E-state index contributed by atoms with van der Waals surface area (Å²) in [5, 5.41) is 0. The topological polar surface area (TPSA) is 87.8 Å². The Kier molecular flexibility index (Phi) is 8.89. The SMILES string of the molecule is C[C@H]1C=C(c2ccc3c(c2)n(C)c(=O)n3-c2ccc(OCc3ccccc3)nc2OCc2ccccc2)CCN1C(=O)OC(C)(C)C. The number of carbonyl (C=O) groups excluding carboxylic acids is 1. The van der Waals surface area contributed by atoms with Crippen LogP contribution < -0.4 is 15.2 Å². The summed E-state index contributed by atoms with van der Waals surface area (Å²) in [5.74, 6) is 0.694. The predicted octanol–water partition coefficient (Wildman–Crippen LogP) is 7.29. The van der Waals surface area contributed by atoms with Crippen LogP contribution in [-0.2, 0) is 25.0 Å². The molecule has 1 amide bonds. The molecule has 9 nitrogen and oxygen atoms in total. The van der Waals surface area contributed by atoms with Gasteiger partial charge in [0.25, 0.3) is 0 Å². The number of ether oxygens (including phenoxy) is 3. The number of fused-ring (bicyclic) bond motifs is 1. The van der Waals surface area contributed by atoms with Gasteiger partial charge in [0.1, 0.15) is 24.5 Å². The monoisotopic (exact) mass is 632 g/mol. The molecule has 47 heavy (non-hydrogen) atoms. The standard InChI is InChI=1S/C38H40N4O5/c1-26-22-30(20-21-41(26)37(44)47-38(2,3)4)29-16-17-31-33(23-29)40(5)36(43)42(31)32-18-19-34(45-24-27-12-8-6-9-13-27)39-35(32)46-25-28-14-10-7-11-15-28/h6-19,22-23,26H,20-21,24-25H2,1-5H3/t26-/m0/s1. The Morgan fingerprint density at radius 2 is 1.53 bits per heavy atom. The first-order valence-corrected chi connectivity index (χ1v) is 15.8. The second kappa shape index (κ2) is 13.2. The van der Waals surface area contributed by atoms with Gasteiger partial charge in [-0.25, -0.2) is 9.59 Å². The van der Waals surface area contributed by atoms with Gasteiger partial charge in [0.05, 0.1) is 17.1 Å². The summed E-state index contributed by atoms with van der Waals surface area (Å²) in [6, 6.07) is 29.2. The Labute approximate surface area is 274 Å². The number of benzene rings is 3. The van der Waals surface area contributed by atoms with Gasteiger partial charge in [-0.15, -0.1) is 0 Å². The van der Waals surface area contributed by atoms with Crippen molar-refractivity contribution in [3.8, 4) is 17.4 Å². The number of imidazole rings is 1. The Morgan fingerprint density at radius 1 is 0.872 bits per heavy atom. The highest BCUT2D eigenvalue weighted by atomic mass is 16.6. The molecule has 3 aromatic carbocycles. The van der Waals surface area contributed by atoms with E-state index in [-0.39, 0.29) is 24.4 Å². The summed E-state index contributed by atoms with van der Waals surface area (Å²) in [4.78, 5) is 33.0. The van der Waals surface area contributed by atoms with Crippen LogP contribution in [0.15, 0.2) is 102 Å². The molecule has 6 rings (SSSR count). The molecule has 2 aromatic heterocycles. The summed E-state index contributed by atoms with van der Waals surface area (Å²) in [6.45, 7) is 8.78. The van der Waals surface area contributed by atoms with Gasteiger partial charge in [-0.1, -0.05) is 72.8 Å². The number of rotatable bonds is 8. The van der Waals surface area contributed by atoms with E-state index in [2.05, 4.69) is 6.08 Å². The van der Waals surface area contributed by atoms with Crippen molar-refractivity contribution < 1.29 is 19.0 Å². The first kappa shape index (κ1) is 31.7. The van der Waals surface area contributed by atoms with E-state index in [1.54, 1.807) is 27.1 Å². The third-order valence-electron chi connectivity index (χ3n) is 8.11. The minimum atomic E-state index is -0.554. The van der Waals surface area contributed by atoms with E-state index >= 15 is 0 Å². The van der Waals surface area contributed by atoms with Crippen LogP contribution >= 0.6 is 0 Å². The molecule has 0 aliphatic carbocycles. The molecule has 0 N–H and O–H groups in total. The number of aryl methyl sites for hydroxylation is 1. The van der Waals surface area contributed by atoms with Gasteiger partial charge in [-0.05, 0) is 74.6 Å². The van der Waals surface area contributed by atoms with Crippen LogP contribution in [0.5, 0.6) is 11.8 Å². The van der Waals surface area contributed by atoms with Crippen LogP contribution in [0.2, 0.25) is 0 Å². The molecule has 0 radical (unpaired) electrons. The number of aromatic nitrogens is 3. The van der Waals surface area contributed by atoms with E-state index in [1.807, 2.05) is 113 Å². The van der Waals surface area contributed by atoms with Gasteiger partial charge in [-0.2, -0.15) is 4.98 Å². The molecule has 0 bridgehead atoms. The molecular weight excluding hydrogens is 592 g/mol. The Bertz CT molecular complexity index is 1970. The first-order chi connectivity index (χ1) is 22.6. The number of hydrogen-bond acceptors (Lipinski definition) is 6. The second-order valence-corrected chi connectivity index (χ2v) is 12.8. The zero-order chi connectivity index (χ0) is 33.1. The smallest absolute Gasteiger partial charge is 0.410 e. The third kappa shape index (κ3) is 7.09. The normalized spacial score (nSPS) is 15.0. The minimum absolute atomic E-state index is 0.129. The molecule has 1 aliphatic heterocycles. The highest BCUT2D eigenvalue weighted by molar-refractivity contribution is 5.84. The summed E-state index contributed by atoms with van der Waals surface area (Å²) in [6.07, 6.45) is 2.46. The lowest BCUT2D eigenvalue weighted by molar-refractivity contribution is 0.0209. The number of nitrogens with zero attached hydrogens (tertiary/aromatic N) is 4. The molecule has 9 heteroatoms. The predicted molar refractivity (Wildman–Crippen MR) is 183 cm³/mol. The molecule has 1 atom stereocenters. The fourth-order valence-corrected chi connectivity index (χ4v) is 5.73. The summed E-state index contributed by atoms with van der Waals surface area (Å²) >= 11 is 0. The molecule has 5 aromatic rings. The van der Waals surface area contributed by atoms with Gasteiger partial charge in [-0.3, -0.25) is 9.13 Å². The fourth-order valence-electron chi connectivity index (χ4n) is 5.73. The van der Waals surface area contributed by atoms with Gasteiger partial charge in [0, 0.05) is 19.7 Å². The summed E-state index contributed by atoms with van der Waals surface area (Å²) in [7, 11) is 1.77. The van der Waals surface area contributed by atoms with E-state index in [1.165, 1.54) is 0 Å². The van der Waals surface area contributed by atoms with Crippen molar-refractivity contribution in [3.05, 3.63) is 124 Å². The van der Waals surface area contributed by atoms with Crippen molar-refractivity contribution >= 4 is 22.7 Å². The number of hydrogen-bond donors (Lipinski definition) is 0. The lowest BCUT2D eigenvalue weighted by Gasteiger charge is -2.34. The molecule has 3 heterocycles. The minimum Gasteiger partial charge on any atom is -0.473 e. The molecule has 0 unspecified atom stereocenters. The van der Waals surface area contributed by atoms with E-state index in [0.29, 0.717) is 37.0 Å². The van der Waals surface area contributed by atoms with Crippen molar-refractivity contribution in [1.29, 1.82) is 0 Å². The quantitative estimate of drug-likeness (QED) is 0.179. The number of carbonyl (C=O) groups is 1. The fraction of sp³-hybridized carbons (Fsp3) is 0.289. The molecule has 1 aliphatic rings. The second-order valence-electron chi connectivity index (χ2n) is 12.8. The molecule has 0 saturated carbocycles. The lowest BCUT2D eigenvalue weighted by Crippen LogP contribution is -2.43. The van der Waals surface area contributed by atoms with Crippen molar-refractivity contribution in [3.63, 3.8) is 0 Å². The molecule has 242 valence electrons. The summed E-state index contributed by atoms with van der Waals surface area (Å²) < 4.78 is 21.2. The van der Waals surface area contributed by atoms with Crippen LogP contribution in [-0.4, -0.2) is 43.3 Å². The maximum absolute atomic E-state index is 13.8. The maximum atomic E-state index is 13.8. The molecule has 0 spiro atoms. The molecule has 0 fully saturated rings. The Hall–Kier alpha value is -5.31. The van der Waals surface area contributed by atoms with Crippen LogP contribution in [0.1, 0.15) is 50.8 Å². The molecular formula is C38H40N4O5. The zero-order valence-corrected chi connectivity index (χ0v) is 27.5. The van der Waals surface area contributed by atoms with Crippen molar-refractivity contribution in [2.24, 2.45) is 7.05 Å². The highest BCUT2D eigenvalue weighted by Crippen LogP contribution is 2.31. The number of amides is 1. The van der Waals surface area contributed by atoms with Crippen molar-refractivity contribution in [2.75, 3.05) is 6.54 Å². The Balaban J connectivity index is 1.33. The van der Waals surface area contributed by atoms with E-state index < -0.39 is 5.60 Å². The zero-order valence-electron chi connectivity index (χ0n) is 27.5. The van der Waals surface area contributed by atoms with Gasteiger partial charge < -0.3 is 19.1 Å². The maximum Gasteiger partial charge on any atom is 0.410 e. The van der Waals surface area contributed by atoms with E-state index in [4.69, 9.17) is 19.2 Å². The number of pyridine rings is 1.